The highest BCUT2D eigenvalue weighted by molar-refractivity contribution is 5.67. The summed E-state index contributed by atoms with van der Waals surface area (Å²) in [7, 11) is 1.57. The summed E-state index contributed by atoms with van der Waals surface area (Å²) in [5.41, 5.74) is 0.491. The maximum Gasteiger partial charge on any atom is 0.408 e. The van der Waals surface area contributed by atoms with E-state index in [4.69, 9.17) is 9.84 Å². The maximum absolute atomic E-state index is 10.5. The van der Waals surface area contributed by atoms with Crippen molar-refractivity contribution in [2.24, 2.45) is 5.41 Å². The highest BCUT2D eigenvalue weighted by atomic mass is 16.5. The molecule has 0 aromatic carbocycles. The Morgan fingerprint density at radius 1 is 1.64 bits per heavy atom. The first kappa shape index (κ1) is 10.6. The van der Waals surface area contributed by atoms with Gasteiger partial charge in [0.15, 0.2) is 0 Å². The highest BCUT2D eigenvalue weighted by Crippen LogP contribution is 2.33. The normalized spacial score (nSPS) is 19.4. The molecule has 1 aliphatic rings. The van der Waals surface area contributed by atoms with E-state index in [1.807, 2.05) is 19.9 Å². The lowest BCUT2D eigenvalue weighted by atomic mass is 9.82. The molecule has 4 heteroatoms. The smallest absolute Gasteiger partial charge is 0.408 e. The van der Waals surface area contributed by atoms with Gasteiger partial charge in [0, 0.05) is 11.1 Å². The van der Waals surface area contributed by atoms with E-state index in [0.29, 0.717) is 11.5 Å². The van der Waals surface area contributed by atoms with Gasteiger partial charge in [0.1, 0.15) is 5.76 Å². The molecule has 0 unspecified atom stereocenters. The molecule has 2 N–H and O–H groups in total. The van der Waals surface area contributed by atoms with Crippen LogP contribution in [0.1, 0.15) is 20.3 Å². The van der Waals surface area contributed by atoms with Gasteiger partial charge in [0.2, 0.25) is 0 Å². The summed E-state index contributed by atoms with van der Waals surface area (Å²) in [5.74, 6) is 0.702. The van der Waals surface area contributed by atoms with Crippen LogP contribution in [0, 0.1) is 5.41 Å². The van der Waals surface area contributed by atoms with Crippen molar-refractivity contribution < 1.29 is 14.6 Å². The molecule has 0 fully saturated rings. The molecule has 0 atom stereocenters. The number of hydrogen-bond acceptors (Lipinski definition) is 2. The third-order valence-electron chi connectivity index (χ3n) is 2.31. The van der Waals surface area contributed by atoms with Gasteiger partial charge in [0.25, 0.3) is 0 Å². The minimum Gasteiger partial charge on any atom is -0.497 e. The van der Waals surface area contributed by atoms with Crippen molar-refractivity contribution in [2.45, 2.75) is 20.3 Å². The van der Waals surface area contributed by atoms with E-state index in [0.717, 1.165) is 6.42 Å². The SMILES string of the molecule is COC1=CCC(C)(C)C(NC(=O)O)=C1. The molecule has 1 aliphatic carbocycles. The number of carbonyl (C=O) groups is 1. The third kappa shape index (κ3) is 2.28. The van der Waals surface area contributed by atoms with E-state index in [1.54, 1.807) is 13.2 Å². The number of carboxylic acid groups (broad SMARTS) is 1. The molecule has 0 radical (unpaired) electrons. The van der Waals surface area contributed by atoms with Gasteiger partial charge in [0.05, 0.1) is 7.11 Å². The van der Waals surface area contributed by atoms with Crippen molar-refractivity contribution in [2.75, 3.05) is 7.11 Å². The second-order valence-electron chi connectivity index (χ2n) is 3.89. The lowest BCUT2D eigenvalue weighted by Crippen LogP contribution is -2.32. The third-order valence-corrected chi connectivity index (χ3v) is 2.31. The largest absolute Gasteiger partial charge is 0.497 e. The number of amides is 1. The van der Waals surface area contributed by atoms with Gasteiger partial charge >= 0.3 is 6.09 Å². The Morgan fingerprint density at radius 2 is 2.29 bits per heavy atom. The average Bonchev–Trinajstić information content (AvgIpc) is 2.08. The first-order valence-corrected chi connectivity index (χ1v) is 4.42. The quantitative estimate of drug-likeness (QED) is 0.712. The number of methoxy groups -OCH3 is 1. The number of rotatable bonds is 2. The van der Waals surface area contributed by atoms with Crippen LogP contribution in [0.15, 0.2) is 23.6 Å². The average molecular weight is 197 g/mol. The van der Waals surface area contributed by atoms with Crippen LogP contribution in [0.2, 0.25) is 0 Å². The van der Waals surface area contributed by atoms with Crippen LogP contribution in [0.4, 0.5) is 4.79 Å². The molecule has 0 saturated carbocycles. The zero-order valence-electron chi connectivity index (χ0n) is 8.63. The predicted octanol–water partition coefficient (Wildman–Crippen LogP) is 2.10. The molecule has 78 valence electrons. The van der Waals surface area contributed by atoms with E-state index in [9.17, 15) is 4.79 Å². The van der Waals surface area contributed by atoms with Gasteiger partial charge < -0.3 is 9.84 Å². The van der Waals surface area contributed by atoms with Crippen LogP contribution >= 0.6 is 0 Å². The molecule has 0 aromatic heterocycles. The van der Waals surface area contributed by atoms with Crippen molar-refractivity contribution in [1.82, 2.24) is 5.32 Å². The van der Waals surface area contributed by atoms with Crippen LogP contribution in [0.3, 0.4) is 0 Å². The first-order chi connectivity index (χ1) is 6.45. The summed E-state index contributed by atoms with van der Waals surface area (Å²) in [6.07, 6.45) is 3.40. The fourth-order valence-electron chi connectivity index (χ4n) is 1.32. The molecule has 4 nitrogen and oxygen atoms in total. The molecule has 0 spiro atoms. The van der Waals surface area contributed by atoms with Crippen LogP contribution in [0.5, 0.6) is 0 Å². The van der Waals surface area contributed by atoms with Gasteiger partial charge in [-0.25, -0.2) is 4.79 Å². The lowest BCUT2D eigenvalue weighted by molar-refractivity contribution is 0.193. The van der Waals surface area contributed by atoms with Gasteiger partial charge in [-0.05, 0) is 18.6 Å². The van der Waals surface area contributed by atoms with E-state index >= 15 is 0 Å². The highest BCUT2D eigenvalue weighted by Gasteiger charge is 2.27. The minimum absolute atomic E-state index is 0.180. The molecule has 0 aliphatic heterocycles. The molecule has 1 rings (SSSR count). The Bertz CT molecular complexity index is 302. The predicted molar refractivity (Wildman–Crippen MR) is 52.7 cm³/mol. The lowest BCUT2D eigenvalue weighted by Gasteiger charge is -2.29. The monoisotopic (exact) mass is 197 g/mol. The van der Waals surface area contributed by atoms with Crippen molar-refractivity contribution >= 4 is 6.09 Å². The topological polar surface area (TPSA) is 58.6 Å². The van der Waals surface area contributed by atoms with Crippen molar-refractivity contribution in [3.63, 3.8) is 0 Å². The summed E-state index contributed by atoms with van der Waals surface area (Å²) in [6.45, 7) is 3.97. The molecule has 0 aromatic rings. The second-order valence-corrected chi connectivity index (χ2v) is 3.89. The van der Waals surface area contributed by atoms with Crippen molar-refractivity contribution in [3.05, 3.63) is 23.6 Å². The van der Waals surface area contributed by atoms with Gasteiger partial charge in [-0.3, -0.25) is 5.32 Å². The summed E-state index contributed by atoms with van der Waals surface area (Å²) >= 11 is 0. The summed E-state index contributed by atoms with van der Waals surface area (Å²) in [6, 6.07) is 0. The Kier molecular flexibility index (Phi) is 2.84. The Labute approximate surface area is 83.3 Å². The summed E-state index contributed by atoms with van der Waals surface area (Å²) < 4.78 is 5.05. The van der Waals surface area contributed by atoms with Crippen LogP contribution in [-0.4, -0.2) is 18.3 Å². The van der Waals surface area contributed by atoms with Crippen molar-refractivity contribution in [1.29, 1.82) is 0 Å². The van der Waals surface area contributed by atoms with Gasteiger partial charge in [-0.1, -0.05) is 13.8 Å². The Hall–Kier alpha value is -1.45. The molecule has 0 heterocycles. The van der Waals surface area contributed by atoms with E-state index in [2.05, 4.69) is 5.32 Å². The molecule has 0 bridgehead atoms. The standard InChI is InChI=1S/C10H15NO3/c1-10(2)5-4-7(14-3)6-8(10)11-9(12)13/h4,6,11H,5H2,1-3H3,(H,12,13). The molecular weight excluding hydrogens is 182 g/mol. The fraction of sp³-hybridized carbons (Fsp3) is 0.500. The molecule has 0 saturated heterocycles. The van der Waals surface area contributed by atoms with Crippen LogP contribution < -0.4 is 5.32 Å². The molecule has 14 heavy (non-hydrogen) atoms. The Morgan fingerprint density at radius 3 is 2.79 bits per heavy atom. The summed E-state index contributed by atoms with van der Waals surface area (Å²) in [4.78, 5) is 10.5. The second kappa shape index (κ2) is 3.74. The number of nitrogens with one attached hydrogen (secondary N) is 1. The number of hydrogen-bond donors (Lipinski definition) is 2. The zero-order chi connectivity index (χ0) is 10.8. The summed E-state index contributed by atoms with van der Waals surface area (Å²) in [5, 5.41) is 11.0. The first-order valence-electron chi connectivity index (χ1n) is 4.42. The zero-order valence-corrected chi connectivity index (χ0v) is 8.63. The van der Waals surface area contributed by atoms with Gasteiger partial charge in [-0.15, -0.1) is 0 Å². The Balaban J connectivity index is 2.89. The minimum atomic E-state index is -1.04. The van der Waals surface area contributed by atoms with E-state index in [-0.39, 0.29) is 5.41 Å². The van der Waals surface area contributed by atoms with E-state index < -0.39 is 6.09 Å². The molecular formula is C10H15NO3. The molecule has 1 amide bonds. The number of allylic oxidation sites excluding steroid dienone is 3. The number of ether oxygens (including phenoxy) is 1. The van der Waals surface area contributed by atoms with Gasteiger partial charge in [-0.2, -0.15) is 0 Å². The maximum atomic E-state index is 10.5. The van der Waals surface area contributed by atoms with Crippen molar-refractivity contribution in [3.8, 4) is 0 Å². The fourth-order valence-corrected chi connectivity index (χ4v) is 1.32. The van der Waals surface area contributed by atoms with E-state index in [1.165, 1.54) is 0 Å². The van der Waals surface area contributed by atoms with Crippen LogP contribution in [0.25, 0.3) is 0 Å². The van der Waals surface area contributed by atoms with Crippen LogP contribution in [-0.2, 0) is 4.74 Å².